The van der Waals surface area contributed by atoms with Gasteiger partial charge in [0.2, 0.25) is 18.6 Å². The van der Waals surface area contributed by atoms with Crippen LogP contribution in [0.2, 0.25) is 0 Å². The number of anilines is 2. The lowest BCUT2D eigenvalue weighted by Gasteiger charge is -2.32. The monoisotopic (exact) mass is 369 g/mol. The molecule has 0 bridgehead atoms. The van der Waals surface area contributed by atoms with Crippen LogP contribution < -0.4 is 20.5 Å². The van der Waals surface area contributed by atoms with Gasteiger partial charge >= 0.3 is 0 Å². The van der Waals surface area contributed by atoms with Crippen LogP contribution in [-0.4, -0.2) is 36.6 Å². The molecule has 1 aromatic rings. The maximum atomic E-state index is 12.6. The van der Waals surface area contributed by atoms with Gasteiger partial charge in [0.25, 0.3) is 0 Å². The Morgan fingerprint density at radius 1 is 1.32 bits per heavy atom. The normalized spacial score (nSPS) is 18.4. The minimum absolute atomic E-state index is 0. The first-order chi connectivity index (χ1) is 11.6. The van der Waals surface area contributed by atoms with E-state index >= 15 is 0 Å². The molecule has 3 N–H and O–H groups in total. The number of benzene rings is 1. The fraction of sp³-hybridized carbons (Fsp3) is 0.529. The summed E-state index contributed by atoms with van der Waals surface area (Å²) >= 11 is 0. The van der Waals surface area contributed by atoms with Crippen molar-refractivity contribution >= 4 is 35.6 Å². The lowest BCUT2D eigenvalue weighted by molar-refractivity contribution is -0.134. The number of rotatable bonds is 4. The summed E-state index contributed by atoms with van der Waals surface area (Å²) in [5, 5.41) is 2.86. The number of amides is 2. The van der Waals surface area contributed by atoms with Gasteiger partial charge in [-0.25, -0.2) is 0 Å². The van der Waals surface area contributed by atoms with Crippen molar-refractivity contribution in [1.82, 2.24) is 4.90 Å². The molecule has 2 heterocycles. The summed E-state index contributed by atoms with van der Waals surface area (Å²) in [5.41, 5.74) is 6.92. The van der Waals surface area contributed by atoms with E-state index in [0.29, 0.717) is 35.8 Å². The quantitative estimate of drug-likeness (QED) is 0.795. The lowest BCUT2D eigenvalue weighted by atomic mass is 9.96. The van der Waals surface area contributed by atoms with E-state index in [1.54, 1.807) is 17.0 Å². The van der Waals surface area contributed by atoms with Gasteiger partial charge in [-0.15, -0.1) is 12.4 Å². The van der Waals surface area contributed by atoms with E-state index < -0.39 is 0 Å². The first-order valence-corrected chi connectivity index (χ1v) is 8.36. The molecule has 0 saturated carbocycles. The number of hydrogen-bond donors (Lipinski definition) is 2. The van der Waals surface area contributed by atoms with Crippen LogP contribution >= 0.6 is 12.4 Å². The Balaban J connectivity index is 0.00000225. The average molecular weight is 370 g/mol. The lowest BCUT2D eigenvalue weighted by Crippen LogP contribution is -2.43. The molecule has 8 heteroatoms. The molecule has 2 aliphatic heterocycles. The van der Waals surface area contributed by atoms with E-state index in [2.05, 4.69) is 5.32 Å². The molecular formula is C17H24ClN3O4. The van der Waals surface area contributed by atoms with Crippen molar-refractivity contribution in [3.63, 3.8) is 0 Å². The third-order valence-electron chi connectivity index (χ3n) is 4.41. The summed E-state index contributed by atoms with van der Waals surface area (Å²) in [6.45, 7) is 3.33. The van der Waals surface area contributed by atoms with E-state index in [4.69, 9.17) is 15.2 Å². The van der Waals surface area contributed by atoms with Gasteiger partial charge in [-0.2, -0.15) is 0 Å². The van der Waals surface area contributed by atoms with Crippen LogP contribution in [0.25, 0.3) is 0 Å². The highest BCUT2D eigenvalue weighted by Gasteiger charge is 2.28. The number of nitrogens with zero attached hydrogens (tertiary/aromatic N) is 1. The topological polar surface area (TPSA) is 93.9 Å². The third kappa shape index (κ3) is 4.28. The summed E-state index contributed by atoms with van der Waals surface area (Å²) in [7, 11) is 0. The fourth-order valence-corrected chi connectivity index (χ4v) is 3.09. The largest absolute Gasteiger partial charge is 0.454 e. The third-order valence-corrected chi connectivity index (χ3v) is 4.41. The second kappa shape index (κ2) is 8.29. The van der Waals surface area contributed by atoms with Crippen molar-refractivity contribution in [2.24, 2.45) is 5.92 Å². The second-order valence-electron chi connectivity index (χ2n) is 6.21. The van der Waals surface area contributed by atoms with Gasteiger partial charge < -0.3 is 25.4 Å². The minimum atomic E-state index is -0.218. The number of likely N-dealkylation sites (tertiary alicyclic amines) is 1. The maximum Gasteiger partial charge on any atom is 0.231 e. The highest BCUT2D eigenvalue weighted by molar-refractivity contribution is 5.96. The van der Waals surface area contributed by atoms with Gasteiger partial charge in [-0.3, -0.25) is 9.59 Å². The number of nitrogen functional groups attached to an aromatic ring is 1. The van der Waals surface area contributed by atoms with Crippen LogP contribution in [-0.2, 0) is 9.59 Å². The van der Waals surface area contributed by atoms with E-state index in [0.717, 1.165) is 25.8 Å². The van der Waals surface area contributed by atoms with Gasteiger partial charge in [0, 0.05) is 31.6 Å². The second-order valence-corrected chi connectivity index (χ2v) is 6.21. The number of ether oxygens (including phenoxy) is 2. The van der Waals surface area contributed by atoms with Gasteiger partial charge in [0.1, 0.15) is 0 Å². The van der Waals surface area contributed by atoms with Crippen molar-refractivity contribution in [3.05, 3.63) is 12.1 Å². The number of hydrogen-bond acceptors (Lipinski definition) is 5. The molecule has 1 unspecified atom stereocenters. The van der Waals surface area contributed by atoms with E-state index in [1.807, 2.05) is 6.92 Å². The highest BCUT2D eigenvalue weighted by atomic mass is 35.5. The van der Waals surface area contributed by atoms with E-state index in [1.165, 1.54) is 0 Å². The molecule has 0 radical (unpaired) electrons. The zero-order chi connectivity index (χ0) is 17.1. The highest BCUT2D eigenvalue weighted by Crippen LogP contribution is 2.38. The standard InChI is InChI=1S/C17H23N3O4.ClH/c1-2-4-16(21)20-6-3-5-11(9-20)17(22)19-13-8-15-14(7-12(13)18)23-10-24-15;/h7-8,11H,2-6,9-10,18H2,1H3,(H,19,22);1H. The van der Waals surface area contributed by atoms with Gasteiger partial charge in [-0.05, 0) is 19.3 Å². The van der Waals surface area contributed by atoms with Crippen molar-refractivity contribution in [3.8, 4) is 11.5 Å². The molecule has 7 nitrogen and oxygen atoms in total. The zero-order valence-electron chi connectivity index (χ0n) is 14.2. The number of carbonyl (C=O) groups is 2. The number of fused-ring (bicyclic) bond motifs is 1. The number of piperidine rings is 1. The smallest absolute Gasteiger partial charge is 0.231 e. The number of halogens is 1. The van der Waals surface area contributed by atoms with E-state index in [-0.39, 0.29) is 36.9 Å². The zero-order valence-corrected chi connectivity index (χ0v) is 15.1. The van der Waals surface area contributed by atoms with E-state index in [9.17, 15) is 9.59 Å². The predicted octanol–water partition coefficient (Wildman–Crippen LogP) is 2.40. The Labute approximate surface area is 153 Å². The first kappa shape index (κ1) is 19.2. The number of nitrogens with two attached hydrogens (primary N) is 1. The molecule has 0 aliphatic carbocycles. The molecule has 2 amide bonds. The Morgan fingerprint density at radius 2 is 2.04 bits per heavy atom. The molecule has 138 valence electrons. The van der Waals surface area contributed by atoms with Crippen molar-refractivity contribution < 1.29 is 19.1 Å². The number of carbonyl (C=O) groups excluding carboxylic acids is 2. The van der Waals surface area contributed by atoms with Gasteiger partial charge in [-0.1, -0.05) is 6.92 Å². The Kier molecular flexibility index (Phi) is 6.36. The fourth-order valence-electron chi connectivity index (χ4n) is 3.09. The van der Waals surface area contributed by atoms with Gasteiger partial charge in [0.15, 0.2) is 11.5 Å². The summed E-state index contributed by atoms with van der Waals surface area (Å²) in [6, 6.07) is 3.33. The maximum absolute atomic E-state index is 12.6. The summed E-state index contributed by atoms with van der Waals surface area (Å²) in [5.74, 6) is 0.943. The Bertz CT molecular complexity index is 653. The predicted molar refractivity (Wildman–Crippen MR) is 97.1 cm³/mol. The molecule has 3 rings (SSSR count). The van der Waals surface area contributed by atoms with Crippen LogP contribution in [0.1, 0.15) is 32.6 Å². The van der Waals surface area contributed by atoms with Crippen LogP contribution in [0.4, 0.5) is 11.4 Å². The Morgan fingerprint density at radius 3 is 2.76 bits per heavy atom. The molecule has 2 aliphatic rings. The molecule has 0 spiro atoms. The molecular weight excluding hydrogens is 346 g/mol. The van der Waals surface area contributed by atoms with Crippen molar-refractivity contribution in [2.45, 2.75) is 32.6 Å². The first-order valence-electron chi connectivity index (χ1n) is 8.36. The molecule has 0 aromatic heterocycles. The van der Waals surface area contributed by atoms with Crippen LogP contribution in [0, 0.1) is 5.92 Å². The minimum Gasteiger partial charge on any atom is -0.454 e. The van der Waals surface area contributed by atoms with Crippen LogP contribution in [0.3, 0.4) is 0 Å². The molecule has 1 atom stereocenters. The van der Waals surface area contributed by atoms with Crippen LogP contribution in [0.15, 0.2) is 12.1 Å². The molecule has 25 heavy (non-hydrogen) atoms. The molecule has 1 fully saturated rings. The molecule has 1 saturated heterocycles. The molecule has 1 aromatic carbocycles. The summed E-state index contributed by atoms with van der Waals surface area (Å²) in [4.78, 5) is 26.4. The summed E-state index contributed by atoms with van der Waals surface area (Å²) < 4.78 is 10.6. The number of nitrogens with one attached hydrogen (secondary N) is 1. The summed E-state index contributed by atoms with van der Waals surface area (Å²) in [6.07, 6.45) is 2.96. The van der Waals surface area contributed by atoms with Crippen molar-refractivity contribution in [1.29, 1.82) is 0 Å². The van der Waals surface area contributed by atoms with Crippen LogP contribution in [0.5, 0.6) is 11.5 Å². The van der Waals surface area contributed by atoms with Gasteiger partial charge in [0.05, 0.1) is 17.3 Å². The Hall–Kier alpha value is -2.15. The van der Waals surface area contributed by atoms with Crippen molar-refractivity contribution in [2.75, 3.05) is 30.9 Å². The average Bonchev–Trinajstić information content (AvgIpc) is 3.02. The SMILES string of the molecule is CCCC(=O)N1CCCC(C(=O)Nc2cc3c(cc2N)OCO3)C1.Cl.